The first kappa shape index (κ1) is 21.0. The Morgan fingerprint density at radius 1 is 1.07 bits per heavy atom. The van der Waals surface area contributed by atoms with E-state index in [0.29, 0.717) is 17.6 Å². The third-order valence-electron chi connectivity index (χ3n) is 3.99. The van der Waals surface area contributed by atoms with Crippen LogP contribution in [-0.2, 0) is 14.3 Å². The molecule has 1 atom stereocenters. The van der Waals surface area contributed by atoms with Gasteiger partial charge < -0.3 is 24.8 Å². The zero-order valence-corrected chi connectivity index (χ0v) is 15.5. The standard InChI is InChI=1S/C19H15F3N2O6/c1-9(30-19(27)10-2-5-13-14(6-10)29-8-28-13)18(26)23-7-15(25)24-12-4-3-11(20)16(21)17(12)22/h2-6,9H,7-8H2,1H3,(H,23,26)(H,24,25)/t9-/m0/s1. The predicted molar refractivity (Wildman–Crippen MR) is 95.4 cm³/mol. The van der Waals surface area contributed by atoms with Gasteiger partial charge in [0, 0.05) is 0 Å². The van der Waals surface area contributed by atoms with E-state index in [9.17, 15) is 27.6 Å². The average molecular weight is 424 g/mol. The van der Waals surface area contributed by atoms with Gasteiger partial charge in [0.2, 0.25) is 12.7 Å². The van der Waals surface area contributed by atoms with E-state index in [4.69, 9.17) is 14.2 Å². The second kappa shape index (κ2) is 8.72. The van der Waals surface area contributed by atoms with Gasteiger partial charge in [-0.15, -0.1) is 0 Å². The third kappa shape index (κ3) is 4.62. The SMILES string of the molecule is C[C@H](OC(=O)c1ccc2c(c1)OCO2)C(=O)NCC(=O)Nc1ccc(F)c(F)c1F. The molecule has 0 radical (unpaired) electrons. The molecular formula is C19H15F3N2O6. The summed E-state index contributed by atoms with van der Waals surface area (Å²) in [5.41, 5.74) is -0.458. The topological polar surface area (TPSA) is 103 Å². The van der Waals surface area contributed by atoms with Crippen molar-refractivity contribution in [2.75, 3.05) is 18.7 Å². The summed E-state index contributed by atoms with van der Waals surface area (Å²) in [4.78, 5) is 36.0. The maximum Gasteiger partial charge on any atom is 0.339 e. The predicted octanol–water partition coefficient (Wildman–Crippen LogP) is 2.13. The summed E-state index contributed by atoms with van der Waals surface area (Å²) in [6.07, 6.45) is -1.25. The van der Waals surface area contributed by atoms with Crippen molar-refractivity contribution in [1.29, 1.82) is 0 Å². The van der Waals surface area contributed by atoms with Gasteiger partial charge in [-0.3, -0.25) is 9.59 Å². The van der Waals surface area contributed by atoms with Crippen LogP contribution in [0.4, 0.5) is 18.9 Å². The summed E-state index contributed by atoms with van der Waals surface area (Å²) >= 11 is 0. The molecule has 0 aliphatic carbocycles. The molecular weight excluding hydrogens is 409 g/mol. The first-order valence-electron chi connectivity index (χ1n) is 8.58. The molecule has 8 nitrogen and oxygen atoms in total. The number of carbonyl (C=O) groups is 3. The van der Waals surface area contributed by atoms with Crippen molar-refractivity contribution in [1.82, 2.24) is 5.32 Å². The molecule has 11 heteroatoms. The van der Waals surface area contributed by atoms with Gasteiger partial charge in [0.15, 0.2) is 35.1 Å². The van der Waals surface area contributed by atoms with E-state index in [0.717, 1.165) is 6.07 Å². The molecule has 1 heterocycles. The van der Waals surface area contributed by atoms with Crippen molar-refractivity contribution in [3.05, 3.63) is 53.3 Å². The molecule has 158 valence electrons. The molecule has 2 aromatic carbocycles. The van der Waals surface area contributed by atoms with Crippen LogP contribution in [0.1, 0.15) is 17.3 Å². The molecule has 0 bridgehead atoms. The number of benzene rings is 2. The van der Waals surface area contributed by atoms with Gasteiger partial charge in [0.05, 0.1) is 17.8 Å². The van der Waals surface area contributed by atoms with Crippen molar-refractivity contribution in [2.24, 2.45) is 0 Å². The lowest BCUT2D eigenvalue weighted by Crippen LogP contribution is -2.40. The van der Waals surface area contributed by atoms with Crippen LogP contribution < -0.4 is 20.1 Å². The Hall–Kier alpha value is -3.76. The quantitative estimate of drug-likeness (QED) is 0.544. The number of fused-ring (bicyclic) bond motifs is 1. The van der Waals surface area contributed by atoms with E-state index in [1.54, 1.807) is 0 Å². The zero-order chi connectivity index (χ0) is 21.8. The van der Waals surface area contributed by atoms with Crippen LogP contribution in [0.5, 0.6) is 11.5 Å². The van der Waals surface area contributed by atoms with E-state index in [1.165, 1.54) is 25.1 Å². The Morgan fingerprint density at radius 2 is 1.80 bits per heavy atom. The van der Waals surface area contributed by atoms with Crippen molar-refractivity contribution in [3.63, 3.8) is 0 Å². The minimum absolute atomic E-state index is 0.0309. The Morgan fingerprint density at radius 3 is 2.57 bits per heavy atom. The molecule has 2 N–H and O–H groups in total. The van der Waals surface area contributed by atoms with Gasteiger partial charge in [-0.1, -0.05) is 0 Å². The van der Waals surface area contributed by atoms with Crippen LogP contribution in [0.3, 0.4) is 0 Å². The lowest BCUT2D eigenvalue weighted by Gasteiger charge is -2.14. The van der Waals surface area contributed by atoms with Gasteiger partial charge in [0.1, 0.15) is 0 Å². The van der Waals surface area contributed by atoms with E-state index >= 15 is 0 Å². The highest BCUT2D eigenvalue weighted by Crippen LogP contribution is 2.32. The summed E-state index contributed by atoms with van der Waals surface area (Å²) in [5, 5.41) is 4.18. The fraction of sp³-hybridized carbons (Fsp3) is 0.211. The van der Waals surface area contributed by atoms with Crippen LogP contribution in [0, 0.1) is 17.5 Å². The van der Waals surface area contributed by atoms with E-state index in [1.807, 2.05) is 5.32 Å². The first-order valence-corrected chi connectivity index (χ1v) is 8.58. The Bertz CT molecular complexity index is 1010. The number of nitrogens with one attached hydrogen (secondary N) is 2. The number of hydrogen-bond donors (Lipinski definition) is 2. The lowest BCUT2D eigenvalue weighted by atomic mass is 10.2. The summed E-state index contributed by atoms with van der Waals surface area (Å²) in [6.45, 7) is 0.694. The highest BCUT2D eigenvalue weighted by atomic mass is 19.2. The number of esters is 1. The monoisotopic (exact) mass is 424 g/mol. The maximum absolute atomic E-state index is 13.5. The molecule has 2 amide bonds. The van der Waals surface area contributed by atoms with Crippen LogP contribution in [0.25, 0.3) is 0 Å². The smallest absolute Gasteiger partial charge is 0.339 e. The van der Waals surface area contributed by atoms with Gasteiger partial charge in [0.25, 0.3) is 5.91 Å². The minimum atomic E-state index is -1.74. The first-order chi connectivity index (χ1) is 14.3. The number of rotatable bonds is 6. The molecule has 0 saturated heterocycles. The minimum Gasteiger partial charge on any atom is -0.454 e. The second-order valence-electron chi connectivity index (χ2n) is 6.10. The number of amides is 2. The van der Waals surface area contributed by atoms with Gasteiger partial charge in [-0.2, -0.15) is 0 Å². The summed E-state index contributed by atoms with van der Waals surface area (Å²) in [5.74, 6) is -6.38. The van der Waals surface area contributed by atoms with Gasteiger partial charge in [-0.25, -0.2) is 18.0 Å². The molecule has 0 saturated carbocycles. The normalized spacial score (nSPS) is 12.8. The summed E-state index contributed by atoms with van der Waals surface area (Å²) < 4.78 is 54.9. The molecule has 0 aromatic heterocycles. The van der Waals surface area contributed by atoms with Crippen LogP contribution in [-0.4, -0.2) is 37.2 Å². The summed E-state index contributed by atoms with van der Waals surface area (Å²) in [7, 11) is 0. The fourth-order valence-corrected chi connectivity index (χ4v) is 2.43. The molecule has 0 unspecified atom stereocenters. The summed E-state index contributed by atoms with van der Waals surface area (Å²) in [6, 6.07) is 5.84. The van der Waals surface area contributed by atoms with Crippen molar-refractivity contribution in [3.8, 4) is 11.5 Å². The van der Waals surface area contributed by atoms with Crippen molar-refractivity contribution >= 4 is 23.5 Å². The Kier molecular flexibility index (Phi) is 6.09. The fourth-order valence-electron chi connectivity index (χ4n) is 2.43. The Labute approximate surface area is 167 Å². The number of hydrogen-bond acceptors (Lipinski definition) is 6. The molecule has 1 aliphatic rings. The Balaban J connectivity index is 1.50. The van der Waals surface area contributed by atoms with Gasteiger partial charge in [-0.05, 0) is 37.3 Å². The zero-order valence-electron chi connectivity index (χ0n) is 15.5. The highest BCUT2D eigenvalue weighted by Gasteiger charge is 2.22. The van der Waals surface area contributed by atoms with E-state index in [2.05, 4.69) is 5.32 Å². The van der Waals surface area contributed by atoms with Crippen LogP contribution in [0.2, 0.25) is 0 Å². The van der Waals surface area contributed by atoms with Crippen molar-refractivity contribution < 1.29 is 41.8 Å². The number of carbonyl (C=O) groups excluding carboxylic acids is 3. The number of anilines is 1. The third-order valence-corrected chi connectivity index (χ3v) is 3.99. The molecule has 3 rings (SSSR count). The molecule has 2 aromatic rings. The molecule has 30 heavy (non-hydrogen) atoms. The molecule has 0 fully saturated rings. The van der Waals surface area contributed by atoms with Gasteiger partial charge >= 0.3 is 5.97 Å². The lowest BCUT2D eigenvalue weighted by molar-refractivity contribution is -0.130. The number of halogens is 3. The number of ether oxygens (including phenoxy) is 3. The van der Waals surface area contributed by atoms with Crippen LogP contribution in [0.15, 0.2) is 30.3 Å². The average Bonchev–Trinajstić information content (AvgIpc) is 3.20. The molecule has 1 aliphatic heterocycles. The second-order valence-corrected chi connectivity index (χ2v) is 6.10. The largest absolute Gasteiger partial charge is 0.454 e. The molecule has 0 spiro atoms. The van der Waals surface area contributed by atoms with Crippen LogP contribution >= 0.6 is 0 Å². The van der Waals surface area contributed by atoms with E-state index < -0.39 is 53.6 Å². The maximum atomic E-state index is 13.5. The van der Waals surface area contributed by atoms with E-state index in [-0.39, 0.29) is 12.4 Å². The highest BCUT2D eigenvalue weighted by molar-refractivity contribution is 5.96. The van der Waals surface area contributed by atoms with Crippen molar-refractivity contribution in [2.45, 2.75) is 13.0 Å².